The number of esters is 1. The maximum absolute atomic E-state index is 13.5. The van der Waals surface area contributed by atoms with Gasteiger partial charge in [0.05, 0.1) is 12.5 Å². The number of carbonyl (C=O) groups excluding carboxylic acids is 2. The lowest BCUT2D eigenvalue weighted by Gasteiger charge is -2.24. The average Bonchev–Trinajstić information content (AvgIpc) is 3.27. The van der Waals surface area contributed by atoms with Crippen LogP contribution >= 0.6 is 15.9 Å². The molecule has 0 saturated heterocycles. The minimum absolute atomic E-state index is 0.0283. The quantitative estimate of drug-likeness (QED) is 0.354. The van der Waals surface area contributed by atoms with Crippen molar-refractivity contribution in [2.24, 2.45) is 5.92 Å². The number of hydrogen-bond donors (Lipinski definition) is 1. The summed E-state index contributed by atoms with van der Waals surface area (Å²) in [4.78, 5) is 25.4. The molecule has 1 aliphatic rings. The van der Waals surface area contributed by atoms with Crippen molar-refractivity contribution in [2.75, 3.05) is 11.9 Å². The van der Waals surface area contributed by atoms with Crippen LogP contribution in [0.1, 0.15) is 62.1 Å². The second-order valence-corrected chi connectivity index (χ2v) is 9.05. The predicted molar refractivity (Wildman–Crippen MR) is 129 cm³/mol. The number of carbonyl (C=O) groups is 2. The fourth-order valence-electron chi connectivity index (χ4n) is 4.29. The Labute approximate surface area is 193 Å². The summed E-state index contributed by atoms with van der Waals surface area (Å²) in [6.07, 6.45) is 6.32. The van der Waals surface area contributed by atoms with Crippen LogP contribution in [0.15, 0.2) is 52.5 Å². The monoisotopic (exact) mass is 483 g/mol. The zero-order chi connectivity index (χ0) is 22.4. The third-order valence-electron chi connectivity index (χ3n) is 5.99. The molecule has 1 unspecified atom stereocenters. The van der Waals surface area contributed by atoms with Crippen molar-refractivity contribution < 1.29 is 14.3 Å². The number of nitrogens with one attached hydrogen (secondary N) is 1. The van der Waals surface area contributed by atoms with Crippen molar-refractivity contribution in [3.05, 3.63) is 69.2 Å². The lowest BCUT2D eigenvalue weighted by atomic mass is 9.84. The first-order valence-corrected chi connectivity index (χ1v) is 11.7. The molecule has 3 rings (SSSR count). The van der Waals surface area contributed by atoms with Gasteiger partial charge in [0.1, 0.15) is 0 Å². The molecule has 0 radical (unpaired) electrons. The van der Waals surface area contributed by atoms with E-state index in [0.29, 0.717) is 18.1 Å². The van der Waals surface area contributed by atoms with Gasteiger partial charge in [0.25, 0.3) is 0 Å². The molecule has 1 aliphatic carbocycles. The summed E-state index contributed by atoms with van der Waals surface area (Å²) in [7, 11) is 0. The number of ether oxygens (including phenoxy) is 1. The van der Waals surface area contributed by atoms with Gasteiger partial charge in [-0.05, 0) is 80.5 Å². The maximum Gasteiger partial charge on any atom is 0.333 e. The molecule has 0 spiro atoms. The average molecular weight is 484 g/mol. The number of rotatable bonds is 7. The molecule has 1 amide bonds. The second kappa shape index (κ2) is 10.8. The Morgan fingerprint density at radius 1 is 1.16 bits per heavy atom. The molecule has 1 N–H and O–H groups in total. The van der Waals surface area contributed by atoms with E-state index in [-0.39, 0.29) is 17.8 Å². The van der Waals surface area contributed by atoms with Crippen LogP contribution < -0.4 is 5.32 Å². The summed E-state index contributed by atoms with van der Waals surface area (Å²) < 4.78 is 6.08. The Hall–Kier alpha value is -2.40. The van der Waals surface area contributed by atoms with Crippen LogP contribution in [0.25, 0.3) is 6.08 Å². The number of halogens is 1. The molecule has 5 heteroatoms. The third-order valence-corrected chi connectivity index (χ3v) is 6.51. The Morgan fingerprint density at radius 2 is 1.84 bits per heavy atom. The lowest BCUT2D eigenvalue weighted by Crippen LogP contribution is -2.27. The van der Waals surface area contributed by atoms with Gasteiger partial charge in [-0.25, -0.2) is 4.79 Å². The van der Waals surface area contributed by atoms with Gasteiger partial charge in [-0.1, -0.05) is 53.0 Å². The first kappa shape index (κ1) is 23.3. The summed E-state index contributed by atoms with van der Waals surface area (Å²) in [5.74, 6) is -0.112. The Bertz CT molecular complexity index is 959. The summed E-state index contributed by atoms with van der Waals surface area (Å²) in [5, 5.41) is 3.17. The molecule has 164 valence electrons. The predicted octanol–water partition coefficient (Wildman–Crippen LogP) is 6.64. The van der Waals surface area contributed by atoms with E-state index in [2.05, 4.69) is 21.2 Å². The molecule has 0 heterocycles. The highest BCUT2D eigenvalue weighted by atomic mass is 79.9. The standard InChI is InChI=1S/C26H30BrNO3/c1-4-31-26(30)17(2)16-21-10-7-11-23(18(21)3)28-25(29)24(19-8-5-6-9-19)20-12-14-22(27)15-13-20/h7,10-16,19,24H,4-6,8-9H2,1-3H3,(H,28,29)/b17-16+. The number of anilines is 1. The second-order valence-electron chi connectivity index (χ2n) is 8.13. The SMILES string of the molecule is CCOC(=O)/C(C)=C/c1cccc(NC(=O)C(c2ccc(Br)cc2)C2CCCC2)c1C. The van der Waals surface area contributed by atoms with Crippen molar-refractivity contribution in [3.63, 3.8) is 0 Å². The van der Waals surface area contributed by atoms with Crippen LogP contribution in [0.4, 0.5) is 5.69 Å². The van der Waals surface area contributed by atoms with Gasteiger partial charge >= 0.3 is 5.97 Å². The smallest absolute Gasteiger partial charge is 0.333 e. The van der Waals surface area contributed by atoms with Crippen LogP contribution in [-0.2, 0) is 14.3 Å². The van der Waals surface area contributed by atoms with Crippen molar-refractivity contribution in [1.82, 2.24) is 0 Å². The molecular weight excluding hydrogens is 454 g/mol. The van der Waals surface area contributed by atoms with Crippen molar-refractivity contribution >= 4 is 39.6 Å². The van der Waals surface area contributed by atoms with Gasteiger partial charge in [-0.15, -0.1) is 0 Å². The summed E-state index contributed by atoms with van der Waals surface area (Å²) >= 11 is 3.49. The van der Waals surface area contributed by atoms with Crippen LogP contribution in [0, 0.1) is 12.8 Å². The summed E-state index contributed by atoms with van der Waals surface area (Å²) in [6.45, 7) is 5.84. The largest absolute Gasteiger partial charge is 0.463 e. The highest BCUT2D eigenvalue weighted by Crippen LogP contribution is 2.38. The molecule has 2 aromatic rings. The highest BCUT2D eigenvalue weighted by Gasteiger charge is 2.32. The van der Waals surface area contributed by atoms with E-state index in [1.54, 1.807) is 13.8 Å². The fraction of sp³-hybridized carbons (Fsp3) is 0.385. The van der Waals surface area contributed by atoms with Gasteiger partial charge in [-0.2, -0.15) is 0 Å². The van der Waals surface area contributed by atoms with E-state index in [1.807, 2.05) is 55.5 Å². The Morgan fingerprint density at radius 3 is 2.48 bits per heavy atom. The molecule has 2 aromatic carbocycles. The van der Waals surface area contributed by atoms with Gasteiger partial charge in [0, 0.05) is 15.7 Å². The minimum atomic E-state index is -0.326. The van der Waals surface area contributed by atoms with E-state index in [9.17, 15) is 9.59 Å². The third kappa shape index (κ3) is 5.85. The van der Waals surface area contributed by atoms with Crippen LogP contribution in [0.2, 0.25) is 0 Å². The van der Waals surface area contributed by atoms with Crippen molar-refractivity contribution in [3.8, 4) is 0 Å². The van der Waals surface area contributed by atoms with E-state index >= 15 is 0 Å². The zero-order valence-electron chi connectivity index (χ0n) is 18.4. The fourth-order valence-corrected chi connectivity index (χ4v) is 4.56. The van der Waals surface area contributed by atoms with E-state index < -0.39 is 0 Å². The molecule has 0 aliphatic heterocycles. The lowest BCUT2D eigenvalue weighted by molar-refractivity contribution is -0.138. The molecule has 0 bridgehead atoms. The van der Waals surface area contributed by atoms with E-state index in [4.69, 9.17) is 4.74 Å². The van der Waals surface area contributed by atoms with Crippen molar-refractivity contribution in [2.45, 2.75) is 52.4 Å². The van der Waals surface area contributed by atoms with E-state index in [1.165, 1.54) is 12.8 Å². The number of benzene rings is 2. The van der Waals surface area contributed by atoms with E-state index in [0.717, 1.165) is 39.7 Å². The topological polar surface area (TPSA) is 55.4 Å². The van der Waals surface area contributed by atoms with Gasteiger partial charge in [0.15, 0.2) is 0 Å². The summed E-state index contributed by atoms with van der Waals surface area (Å²) in [6, 6.07) is 13.8. The molecule has 4 nitrogen and oxygen atoms in total. The first-order valence-electron chi connectivity index (χ1n) is 10.9. The number of amides is 1. The maximum atomic E-state index is 13.5. The van der Waals surface area contributed by atoms with Crippen LogP contribution in [-0.4, -0.2) is 18.5 Å². The van der Waals surface area contributed by atoms with Crippen LogP contribution in [0.5, 0.6) is 0 Å². The molecule has 1 saturated carbocycles. The zero-order valence-corrected chi connectivity index (χ0v) is 20.0. The minimum Gasteiger partial charge on any atom is -0.463 e. The van der Waals surface area contributed by atoms with Gasteiger partial charge < -0.3 is 10.1 Å². The van der Waals surface area contributed by atoms with Gasteiger partial charge in [-0.3, -0.25) is 4.79 Å². The summed E-state index contributed by atoms with van der Waals surface area (Å²) in [5.41, 5.74) is 4.19. The Kier molecular flexibility index (Phi) is 8.08. The molecular formula is C26H30BrNO3. The highest BCUT2D eigenvalue weighted by molar-refractivity contribution is 9.10. The van der Waals surface area contributed by atoms with Gasteiger partial charge in [0.2, 0.25) is 5.91 Å². The number of hydrogen-bond acceptors (Lipinski definition) is 3. The molecule has 0 aromatic heterocycles. The molecule has 1 atom stereocenters. The first-order chi connectivity index (χ1) is 14.9. The normalized spacial score (nSPS) is 15.5. The van der Waals surface area contributed by atoms with Crippen LogP contribution in [0.3, 0.4) is 0 Å². The molecule has 1 fully saturated rings. The molecule has 31 heavy (non-hydrogen) atoms. The van der Waals surface area contributed by atoms with Crippen molar-refractivity contribution in [1.29, 1.82) is 0 Å². The Balaban J connectivity index is 1.86.